The minimum absolute atomic E-state index is 0.125. The summed E-state index contributed by atoms with van der Waals surface area (Å²) in [6, 6.07) is 9.39. The monoisotopic (exact) mass is 513 g/mol. The van der Waals surface area contributed by atoms with Crippen LogP contribution >= 0.6 is 0 Å². The van der Waals surface area contributed by atoms with E-state index in [1.54, 1.807) is 37.5 Å². The van der Waals surface area contributed by atoms with Crippen LogP contribution < -0.4 is 4.74 Å². The minimum atomic E-state index is -5.20. The summed E-state index contributed by atoms with van der Waals surface area (Å²) < 4.78 is 60.0. The summed E-state index contributed by atoms with van der Waals surface area (Å²) in [6.45, 7) is 7.65. The van der Waals surface area contributed by atoms with Crippen LogP contribution in [0.25, 0.3) is 28.0 Å². The molecule has 0 bridgehead atoms. The van der Waals surface area contributed by atoms with E-state index < -0.39 is 18.0 Å². The molecule has 0 unspecified atom stereocenters. The van der Waals surface area contributed by atoms with Crippen molar-refractivity contribution >= 4 is 11.6 Å². The zero-order valence-electron chi connectivity index (χ0n) is 20.3. The predicted octanol–water partition coefficient (Wildman–Crippen LogP) is 5.18. The van der Waals surface area contributed by atoms with Crippen molar-refractivity contribution in [3.05, 3.63) is 66.0 Å². The van der Waals surface area contributed by atoms with Gasteiger partial charge in [0, 0.05) is 48.6 Å². The van der Waals surface area contributed by atoms with Crippen LogP contribution in [0.4, 0.5) is 17.6 Å². The molecular weight excluding hydrogens is 490 g/mol. The molecule has 1 aromatic carbocycles. The van der Waals surface area contributed by atoms with E-state index in [-0.39, 0.29) is 28.6 Å². The van der Waals surface area contributed by atoms with E-state index >= 15 is 0 Å². The van der Waals surface area contributed by atoms with Crippen molar-refractivity contribution in [2.24, 2.45) is 0 Å². The van der Waals surface area contributed by atoms with E-state index in [1.165, 1.54) is 22.6 Å². The second kappa shape index (κ2) is 9.22. The summed E-state index contributed by atoms with van der Waals surface area (Å²) in [6.07, 6.45) is -1.98. The fourth-order valence-corrected chi connectivity index (χ4v) is 4.32. The van der Waals surface area contributed by atoms with Gasteiger partial charge in [-0.1, -0.05) is 6.07 Å². The fourth-order valence-electron chi connectivity index (χ4n) is 4.32. The van der Waals surface area contributed by atoms with Crippen molar-refractivity contribution < 1.29 is 27.1 Å². The minimum Gasteiger partial charge on any atom is -0.419 e. The third kappa shape index (κ3) is 4.91. The van der Waals surface area contributed by atoms with Crippen LogP contribution in [0.15, 0.2) is 48.8 Å². The first-order chi connectivity index (χ1) is 17.5. The lowest BCUT2D eigenvalue weighted by Crippen LogP contribution is -2.48. The van der Waals surface area contributed by atoms with E-state index in [4.69, 9.17) is 4.74 Å². The number of fused-ring (bicyclic) bond motifs is 1. The fraction of sp³-hybridized carbons (Fsp3) is 0.308. The first-order valence-corrected chi connectivity index (χ1v) is 11.7. The van der Waals surface area contributed by atoms with Crippen LogP contribution in [-0.2, 0) is 4.79 Å². The number of imidazole rings is 1. The summed E-state index contributed by atoms with van der Waals surface area (Å²) in [7, 11) is 0. The van der Waals surface area contributed by atoms with Crippen molar-refractivity contribution in [3.63, 3.8) is 0 Å². The Morgan fingerprint density at radius 3 is 2.46 bits per heavy atom. The Morgan fingerprint density at radius 1 is 1.05 bits per heavy atom. The topological polar surface area (TPSA) is 72.6 Å². The van der Waals surface area contributed by atoms with Gasteiger partial charge in [0.1, 0.15) is 5.75 Å². The lowest BCUT2D eigenvalue weighted by Gasteiger charge is -2.41. The maximum atomic E-state index is 14.6. The van der Waals surface area contributed by atoms with E-state index in [0.29, 0.717) is 22.9 Å². The van der Waals surface area contributed by atoms with Crippen LogP contribution in [0.1, 0.15) is 31.2 Å². The Labute approximate surface area is 209 Å². The molecule has 0 spiro atoms. The van der Waals surface area contributed by atoms with Gasteiger partial charge in [0.05, 0.1) is 17.1 Å². The number of esters is 1. The van der Waals surface area contributed by atoms with Gasteiger partial charge >= 0.3 is 12.1 Å². The van der Waals surface area contributed by atoms with Gasteiger partial charge in [0.15, 0.2) is 11.5 Å². The number of ether oxygens (including phenoxy) is 1. The molecule has 3 aromatic heterocycles. The molecule has 37 heavy (non-hydrogen) atoms. The number of hydrogen-bond donors (Lipinski definition) is 0. The predicted molar refractivity (Wildman–Crippen MR) is 127 cm³/mol. The number of carbonyl (C=O) groups is 1. The molecule has 11 heteroatoms. The summed E-state index contributed by atoms with van der Waals surface area (Å²) in [4.78, 5) is 18.1. The smallest absolute Gasteiger partial charge is 0.419 e. The van der Waals surface area contributed by atoms with Gasteiger partial charge in [0.2, 0.25) is 0 Å². The highest BCUT2D eigenvalue weighted by molar-refractivity contribution is 5.83. The molecule has 1 aliphatic heterocycles. The maximum absolute atomic E-state index is 14.6. The molecule has 5 rings (SSSR count). The van der Waals surface area contributed by atoms with Crippen molar-refractivity contribution in [1.29, 1.82) is 0 Å². The molecule has 192 valence electrons. The number of pyridine rings is 1. The summed E-state index contributed by atoms with van der Waals surface area (Å²) >= 11 is 0. The summed E-state index contributed by atoms with van der Waals surface area (Å²) in [5.41, 5.74) is 2.61. The highest BCUT2D eigenvalue weighted by Crippen LogP contribution is 2.36. The largest absolute Gasteiger partial charge is 0.491 e. The first-order valence-electron chi connectivity index (χ1n) is 11.7. The third-order valence-electron chi connectivity index (χ3n) is 6.40. The number of alkyl halides is 3. The average Bonchev–Trinajstić information content (AvgIpc) is 3.18. The highest BCUT2D eigenvalue weighted by atomic mass is 19.4. The Bertz CT molecular complexity index is 1480. The van der Waals surface area contributed by atoms with E-state index in [2.05, 4.69) is 33.9 Å². The molecule has 1 fully saturated rings. The van der Waals surface area contributed by atoms with Crippen molar-refractivity contribution in [3.8, 4) is 28.1 Å². The van der Waals surface area contributed by atoms with Crippen LogP contribution in [0.5, 0.6) is 5.75 Å². The van der Waals surface area contributed by atoms with Crippen molar-refractivity contribution in [2.45, 2.75) is 38.9 Å². The van der Waals surface area contributed by atoms with Gasteiger partial charge in [0.25, 0.3) is 0 Å². The first kappa shape index (κ1) is 24.8. The number of aryl methyl sites for hydroxylation is 1. The number of hydrogen-bond acceptors (Lipinski definition) is 6. The van der Waals surface area contributed by atoms with Crippen LogP contribution in [0, 0.1) is 12.7 Å². The van der Waals surface area contributed by atoms with Crippen LogP contribution in [-0.4, -0.2) is 55.8 Å². The molecule has 1 saturated heterocycles. The molecule has 7 nitrogen and oxygen atoms in total. The SMILES string of the molecule is Cc1cn2cc(-c3ccc(-c4ccc(C5CN(C(C)C)C5)nn4)c(OC(=O)C(F)(F)F)c3)cc(F)c2n1. The highest BCUT2D eigenvalue weighted by Gasteiger charge is 2.42. The second-order valence-corrected chi connectivity index (χ2v) is 9.38. The zero-order valence-corrected chi connectivity index (χ0v) is 20.3. The maximum Gasteiger partial charge on any atom is 0.491 e. The Kier molecular flexibility index (Phi) is 6.18. The van der Waals surface area contributed by atoms with Gasteiger partial charge in [-0.2, -0.15) is 23.4 Å². The number of likely N-dealkylation sites (tertiary alicyclic amines) is 1. The Balaban J connectivity index is 1.50. The number of benzene rings is 1. The number of halogens is 4. The molecule has 0 aliphatic carbocycles. The summed E-state index contributed by atoms with van der Waals surface area (Å²) in [5.74, 6) is -3.10. The normalized spacial score (nSPS) is 14.8. The number of rotatable bonds is 5. The third-order valence-corrected chi connectivity index (χ3v) is 6.40. The van der Waals surface area contributed by atoms with Gasteiger partial charge in [-0.15, -0.1) is 0 Å². The molecule has 1 aliphatic rings. The Morgan fingerprint density at radius 2 is 1.81 bits per heavy atom. The zero-order chi connectivity index (χ0) is 26.5. The van der Waals surface area contributed by atoms with E-state index in [1.807, 2.05) is 0 Å². The molecule has 0 atom stereocenters. The second-order valence-electron chi connectivity index (χ2n) is 9.38. The van der Waals surface area contributed by atoms with Crippen LogP contribution in [0.2, 0.25) is 0 Å². The van der Waals surface area contributed by atoms with Gasteiger partial charge < -0.3 is 9.14 Å². The van der Waals surface area contributed by atoms with Gasteiger partial charge in [-0.25, -0.2) is 14.2 Å². The molecule has 0 N–H and O–H groups in total. The van der Waals surface area contributed by atoms with E-state index in [0.717, 1.165) is 18.8 Å². The standard InChI is InChI=1S/C26H23F4N5O2/c1-14(2)34-12-18(13-34)21-6-7-22(33-32-21)19-5-4-16(9-23(19)37-25(36)26(28,29)30)17-8-20(27)24-31-15(3)10-35(24)11-17/h4-11,14,18H,12-13H2,1-3H3. The lowest BCUT2D eigenvalue weighted by atomic mass is 9.94. The molecule has 0 saturated carbocycles. The molecule has 4 aromatic rings. The van der Waals surface area contributed by atoms with Crippen molar-refractivity contribution in [2.75, 3.05) is 13.1 Å². The van der Waals surface area contributed by atoms with Gasteiger partial charge in [-0.3, -0.25) is 4.90 Å². The quantitative estimate of drug-likeness (QED) is 0.208. The molecular formula is C26H23F4N5O2. The number of aromatic nitrogens is 4. The van der Waals surface area contributed by atoms with E-state index in [9.17, 15) is 22.4 Å². The Hall–Kier alpha value is -3.86. The average molecular weight is 513 g/mol. The molecule has 0 amide bonds. The number of carbonyl (C=O) groups excluding carboxylic acids is 1. The number of nitrogens with zero attached hydrogens (tertiary/aromatic N) is 5. The molecule has 0 radical (unpaired) electrons. The van der Waals surface area contributed by atoms with Crippen LogP contribution in [0.3, 0.4) is 0 Å². The van der Waals surface area contributed by atoms with Crippen molar-refractivity contribution in [1.82, 2.24) is 24.5 Å². The molecule has 4 heterocycles. The summed E-state index contributed by atoms with van der Waals surface area (Å²) in [5, 5.41) is 8.47. The lowest BCUT2D eigenvalue weighted by molar-refractivity contribution is -0.189. The van der Waals surface area contributed by atoms with Gasteiger partial charge in [-0.05, 0) is 56.7 Å².